The lowest BCUT2D eigenvalue weighted by molar-refractivity contribution is 1.26. The van der Waals surface area contributed by atoms with E-state index < -0.39 is 0 Å². The van der Waals surface area contributed by atoms with Crippen molar-refractivity contribution in [2.75, 3.05) is 6.54 Å². The summed E-state index contributed by atoms with van der Waals surface area (Å²) in [6.07, 6.45) is 1.40. The van der Waals surface area contributed by atoms with Crippen molar-refractivity contribution in [3.05, 3.63) is 12.7 Å². The minimum absolute atomic E-state index is 0.472. The van der Waals surface area contributed by atoms with Gasteiger partial charge in [0.1, 0.15) is 0 Å². The molecule has 0 aliphatic rings. The lowest BCUT2D eigenvalue weighted by Crippen LogP contribution is -1.90. The highest BCUT2D eigenvalue weighted by Crippen LogP contribution is 1.39. The molecule has 1 radical (unpaired) electrons. The molecule has 23 valence electrons. The van der Waals surface area contributed by atoms with Gasteiger partial charge in [-0.3, -0.25) is 0 Å². The van der Waals surface area contributed by atoms with Gasteiger partial charge in [0.25, 0.3) is 0 Å². The van der Waals surface area contributed by atoms with Crippen LogP contribution < -0.4 is 5.73 Å². The van der Waals surface area contributed by atoms with E-state index in [-0.39, 0.29) is 0 Å². The van der Waals surface area contributed by atoms with E-state index in [4.69, 9.17) is 12.3 Å². The highest BCUT2D eigenvalue weighted by Gasteiger charge is 1.43. The average molecular weight is 56.1 g/mol. The fourth-order valence-corrected chi connectivity index (χ4v) is 0. The first-order chi connectivity index (χ1) is 1.91. The van der Waals surface area contributed by atoms with Crippen LogP contribution in [0.25, 0.3) is 0 Å². The largest absolute Gasteiger partial charge is 0.327 e. The molecule has 0 unspecified atom stereocenters. The second kappa shape index (κ2) is 2.70. The number of rotatable bonds is 1. The monoisotopic (exact) mass is 56.1 g/mol. The molecular weight excluding hydrogens is 50.0 g/mol. The second-order valence-corrected chi connectivity index (χ2v) is 0.471. The van der Waals surface area contributed by atoms with E-state index in [1.54, 1.807) is 0 Å². The SMILES string of the molecule is [CH]=CCN. The predicted molar refractivity (Wildman–Crippen MR) is 17.9 cm³/mol. The van der Waals surface area contributed by atoms with Gasteiger partial charge in [-0.1, -0.05) is 12.7 Å². The fraction of sp³-hybridized carbons (Fsp3) is 0.333. The molecule has 0 saturated carbocycles. The summed E-state index contributed by atoms with van der Waals surface area (Å²) < 4.78 is 0. The van der Waals surface area contributed by atoms with E-state index in [1.807, 2.05) is 0 Å². The molecule has 0 aromatic rings. The van der Waals surface area contributed by atoms with Crippen LogP contribution in [0.2, 0.25) is 0 Å². The van der Waals surface area contributed by atoms with Crippen LogP contribution in [0.15, 0.2) is 6.08 Å². The highest BCUT2D eigenvalue weighted by molar-refractivity contribution is 4.59. The molecule has 0 saturated heterocycles. The zero-order chi connectivity index (χ0) is 3.41. The fourth-order valence-electron chi connectivity index (χ4n) is 0. The maximum Gasteiger partial charge on any atom is 0.0109 e. The van der Waals surface area contributed by atoms with Crippen molar-refractivity contribution in [1.82, 2.24) is 0 Å². The Bertz CT molecular complexity index is 17.2. The normalized spacial score (nSPS) is 6.25. The summed E-state index contributed by atoms with van der Waals surface area (Å²) in [5.74, 6) is 0. The summed E-state index contributed by atoms with van der Waals surface area (Å²) in [6, 6.07) is 0. The van der Waals surface area contributed by atoms with Gasteiger partial charge in [-0.15, -0.1) is 0 Å². The summed E-state index contributed by atoms with van der Waals surface area (Å²) in [6.45, 7) is 5.25. The van der Waals surface area contributed by atoms with Crippen molar-refractivity contribution in [2.24, 2.45) is 5.73 Å². The van der Waals surface area contributed by atoms with Crippen LogP contribution in [-0.4, -0.2) is 6.54 Å². The number of hydrogen-bond acceptors (Lipinski definition) is 1. The Morgan fingerprint density at radius 1 is 2.00 bits per heavy atom. The molecule has 0 heterocycles. The number of hydrogen-bond donors (Lipinski definition) is 1. The first-order valence-electron chi connectivity index (χ1n) is 1.15. The summed E-state index contributed by atoms with van der Waals surface area (Å²) in [5.41, 5.74) is 4.85. The Morgan fingerprint density at radius 2 is 2.25 bits per heavy atom. The molecular formula is C3H6N. The quantitative estimate of drug-likeness (QED) is 0.447. The first-order valence-corrected chi connectivity index (χ1v) is 1.15. The van der Waals surface area contributed by atoms with E-state index in [0.717, 1.165) is 0 Å². The maximum atomic E-state index is 4.85. The van der Waals surface area contributed by atoms with Crippen LogP contribution in [0.1, 0.15) is 0 Å². The minimum atomic E-state index is 0.472. The van der Waals surface area contributed by atoms with Crippen molar-refractivity contribution in [2.45, 2.75) is 0 Å². The van der Waals surface area contributed by atoms with Crippen LogP contribution in [0, 0.1) is 6.58 Å². The van der Waals surface area contributed by atoms with E-state index in [9.17, 15) is 0 Å². The van der Waals surface area contributed by atoms with Gasteiger partial charge in [-0.25, -0.2) is 0 Å². The minimum Gasteiger partial charge on any atom is -0.327 e. The molecule has 4 heavy (non-hydrogen) atoms. The molecule has 0 atom stereocenters. The zero-order valence-electron chi connectivity index (χ0n) is 2.44. The molecule has 1 heteroatoms. The summed E-state index contributed by atoms with van der Waals surface area (Å²) in [4.78, 5) is 0. The van der Waals surface area contributed by atoms with Crippen molar-refractivity contribution >= 4 is 0 Å². The molecule has 0 rings (SSSR count). The van der Waals surface area contributed by atoms with Gasteiger partial charge in [0.15, 0.2) is 0 Å². The van der Waals surface area contributed by atoms with Gasteiger partial charge in [-0.05, 0) is 0 Å². The smallest absolute Gasteiger partial charge is 0.0109 e. The molecule has 2 N–H and O–H groups in total. The van der Waals surface area contributed by atoms with E-state index in [0.29, 0.717) is 6.54 Å². The van der Waals surface area contributed by atoms with Crippen molar-refractivity contribution < 1.29 is 0 Å². The zero-order valence-corrected chi connectivity index (χ0v) is 2.44. The van der Waals surface area contributed by atoms with Gasteiger partial charge in [0, 0.05) is 6.54 Å². The van der Waals surface area contributed by atoms with Gasteiger partial charge < -0.3 is 5.73 Å². The Labute approximate surface area is 26.1 Å². The highest BCUT2D eigenvalue weighted by atomic mass is 14.5. The van der Waals surface area contributed by atoms with Crippen molar-refractivity contribution in [3.63, 3.8) is 0 Å². The Morgan fingerprint density at radius 3 is 2.25 bits per heavy atom. The van der Waals surface area contributed by atoms with Gasteiger partial charge in [0.2, 0.25) is 0 Å². The van der Waals surface area contributed by atoms with E-state index in [2.05, 4.69) is 0 Å². The van der Waals surface area contributed by atoms with Crippen LogP contribution >= 0.6 is 0 Å². The van der Waals surface area contributed by atoms with Crippen LogP contribution in [0.3, 0.4) is 0 Å². The summed E-state index contributed by atoms with van der Waals surface area (Å²) in [5, 5.41) is 0. The second-order valence-electron chi connectivity index (χ2n) is 0.471. The molecule has 0 spiro atoms. The molecule has 0 aromatic heterocycles. The van der Waals surface area contributed by atoms with Gasteiger partial charge in [-0.2, -0.15) is 0 Å². The molecule has 1 nitrogen and oxygen atoms in total. The van der Waals surface area contributed by atoms with Crippen LogP contribution in [0.4, 0.5) is 0 Å². The van der Waals surface area contributed by atoms with E-state index in [1.165, 1.54) is 6.08 Å². The molecule has 0 fully saturated rings. The lowest BCUT2D eigenvalue weighted by Gasteiger charge is -1.60. The maximum absolute atomic E-state index is 4.85. The summed E-state index contributed by atoms with van der Waals surface area (Å²) in [7, 11) is 0. The standard InChI is InChI=1S/C3H6N/c1-2-3-4/h1-2H,3-4H2. The van der Waals surface area contributed by atoms with Crippen molar-refractivity contribution in [3.8, 4) is 0 Å². The third-order valence-corrected chi connectivity index (χ3v) is 0.136. The Hall–Kier alpha value is -0.300. The Kier molecular flexibility index (Phi) is 2.50. The van der Waals surface area contributed by atoms with Crippen LogP contribution in [-0.2, 0) is 0 Å². The molecule has 0 amide bonds. The number of nitrogens with two attached hydrogens (primary N) is 1. The van der Waals surface area contributed by atoms with E-state index >= 15 is 0 Å². The summed E-state index contributed by atoms with van der Waals surface area (Å²) >= 11 is 0. The Balaban J connectivity index is 2.30. The lowest BCUT2D eigenvalue weighted by atomic mass is 10.7. The topological polar surface area (TPSA) is 26.0 Å². The molecule has 0 aromatic carbocycles. The molecule has 0 bridgehead atoms. The van der Waals surface area contributed by atoms with Crippen molar-refractivity contribution in [1.29, 1.82) is 0 Å². The van der Waals surface area contributed by atoms with Gasteiger partial charge >= 0.3 is 0 Å². The predicted octanol–water partition coefficient (Wildman–Crippen LogP) is -0.0657. The third-order valence-electron chi connectivity index (χ3n) is 0.136. The third kappa shape index (κ3) is 1.70. The molecule has 0 aliphatic carbocycles. The van der Waals surface area contributed by atoms with Crippen LogP contribution in [0.5, 0.6) is 0 Å². The van der Waals surface area contributed by atoms with Gasteiger partial charge in [0.05, 0.1) is 0 Å². The average Bonchev–Trinajstić information content (AvgIpc) is 1.37. The first kappa shape index (κ1) is 3.70. The molecule has 0 aliphatic heterocycles.